The molecule has 1 N–H and O–H groups in total. The Bertz CT molecular complexity index is 238. The van der Waals surface area contributed by atoms with E-state index in [1.54, 1.807) is 0 Å². The highest BCUT2D eigenvalue weighted by atomic mass is 16.5. The predicted molar refractivity (Wildman–Crippen MR) is 53.1 cm³/mol. The lowest BCUT2D eigenvalue weighted by Gasteiger charge is -2.34. The Morgan fingerprint density at radius 1 is 1.38 bits per heavy atom. The number of dihydropyridines is 1. The van der Waals surface area contributed by atoms with E-state index in [-0.39, 0.29) is 0 Å². The first kappa shape index (κ1) is 8.67. The molecule has 0 bridgehead atoms. The van der Waals surface area contributed by atoms with Crippen molar-refractivity contribution in [3.8, 4) is 0 Å². The summed E-state index contributed by atoms with van der Waals surface area (Å²) in [6, 6.07) is 0.400. The molecule has 1 atom stereocenters. The monoisotopic (exact) mass is 179 g/mol. The number of nitrogens with one attached hydrogen (secondary N) is 1. The van der Waals surface area contributed by atoms with Crippen molar-refractivity contribution in [3.63, 3.8) is 0 Å². The first-order chi connectivity index (χ1) is 6.24. The van der Waals surface area contributed by atoms with Gasteiger partial charge in [-0.05, 0) is 31.8 Å². The molecule has 72 valence electrons. The maximum Gasteiger partial charge on any atom is 0.187 e. The lowest BCUT2D eigenvalue weighted by atomic mass is 9.84. The van der Waals surface area contributed by atoms with Crippen molar-refractivity contribution in [2.24, 2.45) is 5.92 Å². The molecule has 1 heterocycles. The number of rotatable bonds is 2. The van der Waals surface area contributed by atoms with Gasteiger partial charge in [0.15, 0.2) is 5.88 Å². The van der Waals surface area contributed by atoms with Crippen LogP contribution in [0.1, 0.15) is 26.7 Å². The molecule has 0 spiro atoms. The van der Waals surface area contributed by atoms with Gasteiger partial charge in [-0.15, -0.1) is 0 Å². The maximum atomic E-state index is 5.77. The largest absolute Gasteiger partial charge is 0.476 e. The molecule has 0 radical (unpaired) electrons. The summed E-state index contributed by atoms with van der Waals surface area (Å²) in [6.07, 6.45) is 9.04. The third-order valence-corrected chi connectivity index (χ3v) is 2.64. The zero-order valence-corrected chi connectivity index (χ0v) is 8.29. The van der Waals surface area contributed by atoms with Gasteiger partial charge in [-0.3, -0.25) is 0 Å². The quantitative estimate of drug-likeness (QED) is 0.701. The minimum absolute atomic E-state index is 0.400. The topological polar surface area (TPSA) is 21.3 Å². The normalized spacial score (nSPS) is 37.4. The molecule has 0 aromatic heterocycles. The molecule has 13 heavy (non-hydrogen) atoms. The van der Waals surface area contributed by atoms with E-state index in [4.69, 9.17) is 4.74 Å². The molecule has 2 rings (SSSR count). The van der Waals surface area contributed by atoms with Crippen LogP contribution < -0.4 is 5.32 Å². The van der Waals surface area contributed by atoms with Gasteiger partial charge in [0.05, 0.1) is 0 Å². The van der Waals surface area contributed by atoms with Gasteiger partial charge in [0.2, 0.25) is 0 Å². The lowest BCUT2D eigenvalue weighted by molar-refractivity contribution is 0.00763. The second-order valence-electron chi connectivity index (χ2n) is 4.17. The van der Waals surface area contributed by atoms with E-state index in [0.717, 1.165) is 11.8 Å². The Morgan fingerprint density at radius 2 is 2.15 bits per heavy atom. The molecule has 0 aromatic rings. The molecule has 1 aliphatic heterocycles. The second-order valence-corrected chi connectivity index (χ2v) is 4.17. The minimum Gasteiger partial charge on any atom is -0.476 e. The summed E-state index contributed by atoms with van der Waals surface area (Å²) in [5.74, 6) is 1.79. The summed E-state index contributed by atoms with van der Waals surface area (Å²) in [5, 5.41) is 3.28. The molecule has 0 amide bonds. The van der Waals surface area contributed by atoms with Crippen LogP contribution in [0.2, 0.25) is 0 Å². The molecule has 2 nitrogen and oxygen atoms in total. The van der Waals surface area contributed by atoms with Crippen molar-refractivity contribution in [2.45, 2.75) is 38.8 Å². The molecule has 1 fully saturated rings. The summed E-state index contributed by atoms with van der Waals surface area (Å²) in [5.41, 5.74) is 0. The maximum absolute atomic E-state index is 5.77. The molecule has 2 aliphatic rings. The fourth-order valence-corrected chi connectivity index (χ4v) is 1.81. The molecular weight excluding hydrogens is 162 g/mol. The Hall–Kier alpha value is -0.920. The van der Waals surface area contributed by atoms with Crippen LogP contribution in [0.25, 0.3) is 0 Å². The first-order valence-corrected chi connectivity index (χ1v) is 5.05. The molecule has 2 heteroatoms. The van der Waals surface area contributed by atoms with Gasteiger partial charge >= 0.3 is 0 Å². The van der Waals surface area contributed by atoms with E-state index >= 15 is 0 Å². The van der Waals surface area contributed by atoms with Gasteiger partial charge in [0.25, 0.3) is 0 Å². The van der Waals surface area contributed by atoms with Crippen LogP contribution in [0.5, 0.6) is 0 Å². The Labute approximate surface area is 79.7 Å². The van der Waals surface area contributed by atoms with Crippen LogP contribution >= 0.6 is 0 Å². The van der Waals surface area contributed by atoms with E-state index < -0.39 is 0 Å². The van der Waals surface area contributed by atoms with Gasteiger partial charge in [0, 0.05) is 6.04 Å². The van der Waals surface area contributed by atoms with Crippen molar-refractivity contribution >= 4 is 0 Å². The van der Waals surface area contributed by atoms with Crippen molar-refractivity contribution in [2.75, 3.05) is 0 Å². The Kier molecular flexibility index (Phi) is 2.30. The average molecular weight is 179 g/mol. The van der Waals surface area contributed by atoms with Crippen LogP contribution in [-0.2, 0) is 4.74 Å². The van der Waals surface area contributed by atoms with Gasteiger partial charge in [-0.25, -0.2) is 0 Å². The number of hydrogen-bond donors (Lipinski definition) is 1. The van der Waals surface area contributed by atoms with Crippen LogP contribution in [0.3, 0.4) is 0 Å². The third kappa shape index (κ3) is 2.06. The van der Waals surface area contributed by atoms with Crippen molar-refractivity contribution in [3.05, 3.63) is 24.1 Å². The summed E-state index contributed by atoms with van der Waals surface area (Å²) >= 11 is 0. The molecule has 1 aliphatic carbocycles. The van der Waals surface area contributed by atoms with Gasteiger partial charge < -0.3 is 10.1 Å². The van der Waals surface area contributed by atoms with Gasteiger partial charge in [-0.2, -0.15) is 0 Å². The standard InChI is InChI=1S/C11H17NO/c1-8-6-10(7-8)13-11-5-3-4-9(2)12-11/h3-5,8-10,12H,6-7H2,1-2H3. The Morgan fingerprint density at radius 3 is 2.77 bits per heavy atom. The van der Waals surface area contributed by atoms with Gasteiger partial charge in [0.1, 0.15) is 6.10 Å². The summed E-state index contributed by atoms with van der Waals surface area (Å²) in [7, 11) is 0. The molecule has 0 aromatic carbocycles. The van der Waals surface area contributed by atoms with Crippen LogP contribution in [0.4, 0.5) is 0 Å². The Balaban J connectivity index is 1.82. The van der Waals surface area contributed by atoms with E-state index in [2.05, 4.69) is 31.3 Å². The number of allylic oxidation sites excluding steroid dienone is 2. The fourth-order valence-electron chi connectivity index (χ4n) is 1.81. The minimum atomic E-state index is 0.400. The van der Waals surface area contributed by atoms with Crippen molar-refractivity contribution in [1.82, 2.24) is 5.32 Å². The van der Waals surface area contributed by atoms with E-state index in [1.165, 1.54) is 12.8 Å². The number of hydrogen-bond acceptors (Lipinski definition) is 2. The first-order valence-electron chi connectivity index (χ1n) is 5.05. The summed E-state index contributed by atoms with van der Waals surface area (Å²) < 4.78 is 5.77. The van der Waals surface area contributed by atoms with Crippen LogP contribution in [0, 0.1) is 5.92 Å². The highest BCUT2D eigenvalue weighted by molar-refractivity contribution is 5.15. The lowest BCUT2D eigenvalue weighted by Crippen LogP contribution is -2.34. The molecular formula is C11H17NO. The smallest absolute Gasteiger partial charge is 0.187 e. The van der Waals surface area contributed by atoms with E-state index in [0.29, 0.717) is 12.1 Å². The highest BCUT2D eigenvalue weighted by Crippen LogP contribution is 2.30. The van der Waals surface area contributed by atoms with Crippen molar-refractivity contribution < 1.29 is 4.74 Å². The molecule has 1 unspecified atom stereocenters. The van der Waals surface area contributed by atoms with E-state index in [9.17, 15) is 0 Å². The fraction of sp³-hybridized carbons (Fsp3) is 0.636. The summed E-state index contributed by atoms with van der Waals surface area (Å²) in [6.45, 7) is 4.39. The van der Waals surface area contributed by atoms with Gasteiger partial charge in [-0.1, -0.05) is 19.1 Å². The summed E-state index contributed by atoms with van der Waals surface area (Å²) in [4.78, 5) is 0. The zero-order chi connectivity index (χ0) is 9.26. The van der Waals surface area contributed by atoms with Crippen molar-refractivity contribution in [1.29, 1.82) is 0 Å². The molecule has 1 saturated carbocycles. The number of ether oxygens (including phenoxy) is 1. The third-order valence-electron chi connectivity index (χ3n) is 2.64. The second kappa shape index (κ2) is 3.44. The molecule has 0 saturated heterocycles. The van der Waals surface area contributed by atoms with Crippen LogP contribution in [-0.4, -0.2) is 12.1 Å². The van der Waals surface area contributed by atoms with Crippen LogP contribution in [0.15, 0.2) is 24.1 Å². The predicted octanol–water partition coefficient (Wildman–Crippen LogP) is 2.19. The van der Waals surface area contributed by atoms with E-state index in [1.807, 2.05) is 6.08 Å². The zero-order valence-electron chi connectivity index (χ0n) is 8.29. The highest BCUT2D eigenvalue weighted by Gasteiger charge is 2.27. The SMILES string of the molecule is CC1CC(OC2=CC=CC(C)N2)C1. The average Bonchev–Trinajstić information content (AvgIpc) is 2.01.